The summed E-state index contributed by atoms with van der Waals surface area (Å²) in [5.41, 5.74) is 6.63. The Balaban J connectivity index is 2.08. The Morgan fingerprint density at radius 1 is 1.21 bits per heavy atom. The van der Waals surface area contributed by atoms with Gasteiger partial charge in [0.05, 0.1) is 0 Å². The van der Waals surface area contributed by atoms with Crippen LogP contribution in [0.3, 0.4) is 0 Å². The van der Waals surface area contributed by atoms with Gasteiger partial charge in [-0.2, -0.15) is 0 Å². The van der Waals surface area contributed by atoms with Crippen molar-refractivity contribution in [1.82, 2.24) is 9.97 Å². The Morgan fingerprint density at radius 2 is 1.89 bits per heavy atom. The van der Waals surface area contributed by atoms with Crippen LogP contribution < -0.4 is 5.73 Å². The normalized spacial score (nSPS) is 12.4. The van der Waals surface area contributed by atoms with Crippen molar-refractivity contribution in [3.8, 4) is 0 Å². The predicted molar refractivity (Wildman–Crippen MR) is 69.9 cm³/mol. The van der Waals surface area contributed by atoms with Crippen molar-refractivity contribution in [2.75, 3.05) is 0 Å². The minimum atomic E-state index is -0.876. The standard InChI is InChI=1S/C13H13F2N3S/c1-8(16)4-9-6-17-13(18-7-9)19-10-2-3-11(14)12(15)5-10/h2-3,5-8H,4,16H2,1H3. The van der Waals surface area contributed by atoms with Crippen LogP contribution in [0.2, 0.25) is 0 Å². The molecule has 0 saturated carbocycles. The molecule has 0 saturated heterocycles. The van der Waals surface area contributed by atoms with Gasteiger partial charge in [0.1, 0.15) is 0 Å². The average Bonchev–Trinajstić information content (AvgIpc) is 2.36. The van der Waals surface area contributed by atoms with E-state index < -0.39 is 11.6 Å². The van der Waals surface area contributed by atoms with E-state index in [1.165, 1.54) is 17.8 Å². The zero-order valence-electron chi connectivity index (χ0n) is 10.3. The molecule has 100 valence electrons. The van der Waals surface area contributed by atoms with Crippen molar-refractivity contribution in [2.45, 2.75) is 29.4 Å². The maximum absolute atomic E-state index is 13.0. The zero-order valence-corrected chi connectivity index (χ0v) is 11.1. The van der Waals surface area contributed by atoms with Gasteiger partial charge in [0.15, 0.2) is 16.8 Å². The van der Waals surface area contributed by atoms with E-state index in [-0.39, 0.29) is 6.04 Å². The first-order valence-electron chi connectivity index (χ1n) is 5.74. The van der Waals surface area contributed by atoms with Crippen LogP contribution in [-0.4, -0.2) is 16.0 Å². The molecule has 0 amide bonds. The maximum Gasteiger partial charge on any atom is 0.192 e. The number of aromatic nitrogens is 2. The fraction of sp³-hybridized carbons (Fsp3) is 0.231. The highest BCUT2D eigenvalue weighted by molar-refractivity contribution is 7.99. The summed E-state index contributed by atoms with van der Waals surface area (Å²) in [6.07, 6.45) is 4.09. The number of nitrogens with two attached hydrogens (primary N) is 1. The first-order chi connectivity index (χ1) is 9.04. The van der Waals surface area contributed by atoms with Crippen LogP contribution in [0.5, 0.6) is 0 Å². The minimum Gasteiger partial charge on any atom is -0.328 e. The van der Waals surface area contributed by atoms with Gasteiger partial charge >= 0.3 is 0 Å². The van der Waals surface area contributed by atoms with E-state index >= 15 is 0 Å². The molecule has 0 spiro atoms. The summed E-state index contributed by atoms with van der Waals surface area (Å²) in [6.45, 7) is 1.91. The number of benzene rings is 1. The molecule has 3 nitrogen and oxygen atoms in total. The van der Waals surface area contributed by atoms with Crippen molar-refractivity contribution in [3.05, 3.63) is 47.8 Å². The molecule has 2 N–H and O–H groups in total. The molecule has 6 heteroatoms. The van der Waals surface area contributed by atoms with Crippen molar-refractivity contribution in [1.29, 1.82) is 0 Å². The lowest BCUT2D eigenvalue weighted by Gasteiger charge is -2.05. The van der Waals surface area contributed by atoms with Gasteiger partial charge in [-0.25, -0.2) is 18.7 Å². The van der Waals surface area contributed by atoms with Gasteiger partial charge in [-0.15, -0.1) is 0 Å². The van der Waals surface area contributed by atoms with Crippen molar-refractivity contribution < 1.29 is 8.78 Å². The maximum atomic E-state index is 13.0. The third-order valence-corrected chi connectivity index (χ3v) is 3.22. The molecule has 2 aromatic rings. The SMILES string of the molecule is CC(N)Cc1cnc(Sc2ccc(F)c(F)c2)nc1. The second-order valence-corrected chi connectivity index (χ2v) is 5.27. The lowest BCUT2D eigenvalue weighted by molar-refractivity contribution is 0.506. The highest BCUT2D eigenvalue weighted by Crippen LogP contribution is 2.25. The van der Waals surface area contributed by atoms with Gasteiger partial charge in [-0.05, 0) is 48.9 Å². The molecule has 1 aromatic carbocycles. The van der Waals surface area contributed by atoms with Gasteiger partial charge in [-0.1, -0.05) is 0 Å². The van der Waals surface area contributed by atoms with E-state index in [0.717, 1.165) is 17.7 Å². The lowest BCUT2D eigenvalue weighted by atomic mass is 10.1. The van der Waals surface area contributed by atoms with E-state index in [4.69, 9.17) is 5.73 Å². The fourth-order valence-electron chi connectivity index (χ4n) is 1.52. The van der Waals surface area contributed by atoms with Gasteiger partial charge in [-0.3, -0.25) is 0 Å². The molecule has 0 bridgehead atoms. The van der Waals surface area contributed by atoms with Crippen LogP contribution >= 0.6 is 11.8 Å². The second-order valence-electron chi connectivity index (χ2n) is 4.23. The Hall–Kier alpha value is -1.53. The molecule has 1 aromatic heterocycles. The number of nitrogens with zero attached hydrogens (tertiary/aromatic N) is 2. The van der Waals surface area contributed by atoms with E-state index in [1.54, 1.807) is 12.4 Å². The van der Waals surface area contributed by atoms with Crippen LogP contribution in [0.4, 0.5) is 8.78 Å². The van der Waals surface area contributed by atoms with Crippen LogP contribution in [0.1, 0.15) is 12.5 Å². The summed E-state index contributed by atoms with van der Waals surface area (Å²) in [6, 6.07) is 3.75. The van der Waals surface area contributed by atoms with Gasteiger partial charge < -0.3 is 5.73 Å². The Bertz CT molecular complexity index is 558. The van der Waals surface area contributed by atoms with E-state index in [2.05, 4.69) is 9.97 Å². The average molecular weight is 281 g/mol. The van der Waals surface area contributed by atoms with Crippen LogP contribution in [0.25, 0.3) is 0 Å². The summed E-state index contributed by atoms with van der Waals surface area (Å²) in [5, 5.41) is 0.486. The second kappa shape index (κ2) is 6.08. The Kier molecular flexibility index (Phi) is 4.44. The summed E-state index contributed by atoms with van der Waals surface area (Å²) in [5.74, 6) is -1.74. The molecular weight excluding hydrogens is 268 g/mol. The van der Waals surface area contributed by atoms with Gasteiger partial charge in [0.2, 0.25) is 0 Å². The first-order valence-corrected chi connectivity index (χ1v) is 6.55. The quantitative estimate of drug-likeness (QED) is 0.876. The lowest BCUT2D eigenvalue weighted by Crippen LogP contribution is -2.17. The number of hydrogen-bond donors (Lipinski definition) is 1. The number of hydrogen-bond acceptors (Lipinski definition) is 4. The van der Waals surface area contributed by atoms with Crippen molar-refractivity contribution >= 4 is 11.8 Å². The summed E-state index contributed by atoms with van der Waals surface area (Å²) >= 11 is 1.18. The summed E-state index contributed by atoms with van der Waals surface area (Å²) < 4.78 is 25.8. The minimum absolute atomic E-state index is 0.0493. The smallest absolute Gasteiger partial charge is 0.192 e. The van der Waals surface area contributed by atoms with Crippen LogP contribution in [0, 0.1) is 11.6 Å². The third kappa shape index (κ3) is 3.97. The summed E-state index contributed by atoms with van der Waals surface area (Å²) in [4.78, 5) is 8.87. The molecule has 19 heavy (non-hydrogen) atoms. The molecule has 0 radical (unpaired) electrons. The molecule has 0 aliphatic rings. The largest absolute Gasteiger partial charge is 0.328 e. The van der Waals surface area contributed by atoms with E-state index in [0.29, 0.717) is 16.5 Å². The predicted octanol–water partition coefficient (Wildman–Crippen LogP) is 2.80. The molecule has 1 atom stereocenters. The molecule has 1 heterocycles. The van der Waals surface area contributed by atoms with E-state index in [1.807, 2.05) is 6.92 Å². The summed E-state index contributed by atoms with van der Waals surface area (Å²) in [7, 11) is 0. The van der Waals surface area contributed by atoms with Crippen LogP contribution in [-0.2, 0) is 6.42 Å². The van der Waals surface area contributed by atoms with Gasteiger partial charge in [0, 0.05) is 23.3 Å². The molecule has 0 aliphatic carbocycles. The molecule has 2 rings (SSSR count). The highest BCUT2D eigenvalue weighted by atomic mass is 32.2. The van der Waals surface area contributed by atoms with Crippen molar-refractivity contribution in [2.24, 2.45) is 5.73 Å². The van der Waals surface area contributed by atoms with Crippen LogP contribution in [0.15, 0.2) is 40.6 Å². The van der Waals surface area contributed by atoms with E-state index in [9.17, 15) is 8.78 Å². The van der Waals surface area contributed by atoms with Crippen molar-refractivity contribution in [3.63, 3.8) is 0 Å². The topological polar surface area (TPSA) is 51.8 Å². The van der Waals surface area contributed by atoms with Gasteiger partial charge in [0.25, 0.3) is 0 Å². The molecule has 1 unspecified atom stereocenters. The first kappa shape index (κ1) is 13.9. The zero-order chi connectivity index (χ0) is 13.8. The number of halogens is 2. The molecular formula is C13H13F2N3S. The fourth-order valence-corrected chi connectivity index (χ4v) is 2.24. The monoisotopic (exact) mass is 281 g/mol. The number of rotatable bonds is 4. The Morgan fingerprint density at radius 3 is 2.47 bits per heavy atom. The highest BCUT2D eigenvalue weighted by Gasteiger charge is 2.06. The Labute approximate surface area is 114 Å². The third-order valence-electron chi connectivity index (χ3n) is 2.34. The molecule has 0 aliphatic heterocycles. The molecule has 0 fully saturated rings.